The molecule has 2 rings (SSSR count). The van der Waals surface area contributed by atoms with Crippen LogP contribution in [0.1, 0.15) is 54.6 Å². The van der Waals surface area contributed by atoms with Crippen molar-refractivity contribution in [3.8, 4) is 0 Å². The van der Waals surface area contributed by atoms with Crippen molar-refractivity contribution in [2.45, 2.75) is 44.7 Å². The van der Waals surface area contributed by atoms with Gasteiger partial charge in [0.15, 0.2) is 0 Å². The Morgan fingerprint density at radius 1 is 1.29 bits per heavy atom. The molecule has 0 bridgehead atoms. The molecule has 0 aromatic carbocycles. The third-order valence-electron chi connectivity index (χ3n) is 4.52. The monoisotopic (exact) mass is 344 g/mol. The van der Waals surface area contributed by atoms with Crippen LogP contribution in [-0.4, -0.2) is 29.1 Å². The topological polar surface area (TPSA) is 62.2 Å². The summed E-state index contributed by atoms with van der Waals surface area (Å²) in [5.41, 5.74) is -0.943. The van der Waals surface area contributed by atoms with E-state index in [-0.39, 0.29) is 18.1 Å². The van der Waals surface area contributed by atoms with Crippen LogP contribution < -0.4 is 5.32 Å². The number of aromatic nitrogens is 1. The number of rotatable bonds is 6. The second kappa shape index (κ2) is 8.46. The van der Waals surface area contributed by atoms with Crippen LogP contribution in [0.5, 0.6) is 0 Å². The smallest absolute Gasteiger partial charge is 0.396 e. The molecule has 0 saturated heterocycles. The molecule has 1 atom stereocenters. The number of aliphatic hydroxyl groups is 1. The summed E-state index contributed by atoms with van der Waals surface area (Å²) in [7, 11) is 0. The maximum atomic E-state index is 12.5. The Morgan fingerprint density at radius 2 is 2.00 bits per heavy atom. The lowest BCUT2D eigenvalue weighted by atomic mass is 9.83. The van der Waals surface area contributed by atoms with Gasteiger partial charge in [0.2, 0.25) is 0 Å². The Bertz CT molecular complexity index is 526. The summed E-state index contributed by atoms with van der Waals surface area (Å²) >= 11 is 0. The Hall–Kier alpha value is -1.63. The second-order valence-corrected chi connectivity index (χ2v) is 6.43. The van der Waals surface area contributed by atoms with E-state index in [0.717, 1.165) is 37.6 Å². The van der Waals surface area contributed by atoms with E-state index in [1.54, 1.807) is 0 Å². The van der Waals surface area contributed by atoms with Crippen LogP contribution >= 0.6 is 0 Å². The highest BCUT2D eigenvalue weighted by Crippen LogP contribution is 2.29. The van der Waals surface area contributed by atoms with Crippen LogP contribution in [0.2, 0.25) is 0 Å². The van der Waals surface area contributed by atoms with Gasteiger partial charge in [0.1, 0.15) is 5.69 Å². The molecule has 1 aromatic heterocycles. The lowest BCUT2D eigenvalue weighted by Crippen LogP contribution is -2.32. The summed E-state index contributed by atoms with van der Waals surface area (Å²) in [4.78, 5) is 15.3. The fourth-order valence-electron chi connectivity index (χ4n) is 3.15. The maximum absolute atomic E-state index is 12.5. The van der Waals surface area contributed by atoms with Crippen molar-refractivity contribution in [2.75, 3.05) is 13.2 Å². The molecular weight excluding hydrogens is 321 g/mol. The Balaban J connectivity index is 1.84. The number of nitrogens with one attached hydrogen (secondary N) is 1. The predicted octanol–water partition coefficient (Wildman–Crippen LogP) is 3.41. The largest absolute Gasteiger partial charge is 0.433 e. The molecule has 1 aliphatic carbocycles. The van der Waals surface area contributed by atoms with Crippen molar-refractivity contribution in [1.82, 2.24) is 10.3 Å². The number of aliphatic hydroxyl groups excluding tert-OH is 1. The molecule has 1 aromatic rings. The van der Waals surface area contributed by atoms with Crippen molar-refractivity contribution < 1.29 is 23.1 Å². The molecule has 7 heteroatoms. The van der Waals surface area contributed by atoms with Crippen LogP contribution in [0.25, 0.3) is 0 Å². The highest BCUT2D eigenvalue weighted by molar-refractivity contribution is 5.93. The van der Waals surface area contributed by atoms with Crippen molar-refractivity contribution >= 4 is 5.91 Å². The molecule has 1 amide bonds. The quantitative estimate of drug-likeness (QED) is 0.831. The average Bonchev–Trinajstić information content (AvgIpc) is 2.58. The van der Waals surface area contributed by atoms with E-state index in [4.69, 9.17) is 0 Å². The molecule has 1 aliphatic rings. The highest BCUT2D eigenvalue weighted by Gasteiger charge is 2.32. The van der Waals surface area contributed by atoms with Crippen LogP contribution in [0.15, 0.2) is 18.3 Å². The fourth-order valence-corrected chi connectivity index (χ4v) is 3.15. The van der Waals surface area contributed by atoms with Crippen LogP contribution in [-0.2, 0) is 6.18 Å². The van der Waals surface area contributed by atoms with E-state index >= 15 is 0 Å². The molecule has 0 spiro atoms. The van der Waals surface area contributed by atoms with E-state index in [1.165, 1.54) is 19.3 Å². The normalized spacial score (nSPS) is 17.5. The molecule has 1 saturated carbocycles. The average molecular weight is 344 g/mol. The zero-order chi connectivity index (χ0) is 17.6. The Kier molecular flexibility index (Phi) is 6.60. The van der Waals surface area contributed by atoms with Gasteiger partial charge >= 0.3 is 6.18 Å². The molecule has 0 aliphatic heterocycles. The first-order chi connectivity index (χ1) is 11.4. The number of alkyl halides is 3. The molecule has 24 heavy (non-hydrogen) atoms. The molecule has 134 valence electrons. The predicted molar refractivity (Wildman–Crippen MR) is 83.3 cm³/mol. The highest BCUT2D eigenvalue weighted by atomic mass is 19.4. The van der Waals surface area contributed by atoms with Gasteiger partial charge in [-0.2, -0.15) is 13.2 Å². The molecule has 4 nitrogen and oxygen atoms in total. The molecule has 1 heterocycles. The second-order valence-electron chi connectivity index (χ2n) is 6.43. The fraction of sp³-hybridized carbons (Fsp3) is 0.647. The summed E-state index contributed by atoms with van der Waals surface area (Å²) < 4.78 is 37.4. The number of hydrogen-bond acceptors (Lipinski definition) is 3. The minimum atomic E-state index is -4.52. The van der Waals surface area contributed by atoms with Gasteiger partial charge in [-0.25, -0.2) is 0 Å². The standard InChI is InChI=1S/C17H23F3N2O2/c18-17(19,20)15-7-6-14(10-21-15)16(24)22-9-13(11-23)8-12-4-2-1-3-5-12/h6-7,10,12-13,23H,1-5,8-9,11H2,(H,22,24)/t13-/m0/s1. The minimum Gasteiger partial charge on any atom is -0.396 e. The summed E-state index contributed by atoms with van der Waals surface area (Å²) in [6, 6.07) is 1.90. The third kappa shape index (κ3) is 5.47. The number of carbonyl (C=O) groups is 1. The van der Waals surface area contributed by atoms with Gasteiger partial charge in [0.25, 0.3) is 5.91 Å². The van der Waals surface area contributed by atoms with E-state index in [2.05, 4.69) is 10.3 Å². The first-order valence-electron chi connectivity index (χ1n) is 8.32. The van der Waals surface area contributed by atoms with Gasteiger partial charge in [0.05, 0.1) is 5.56 Å². The lowest BCUT2D eigenvalue weighted by molar-refractivity contribution is -0.141. The van der Waals surface area contributed by atoms with E-state index in [9.17, 15) is 23.1 Å². The Labute approximate surface area is 139 Å². The summed E-state index contributed by atoms with van der Waals surface area (Å²) in [6.45, 7) is 0.300. The number of hydrogen-bond donors (Lipinski definition) is 2. The van der Waals surface area contributed by atoms with E-state index < -0.39 is 17.8 Å². The SMILES string of the molecule is O=C(NC[C@@H](CO)CC1CCCCC1)c1ccc(C(F)(F)F)nc1. The van der Waals surface area contributed by atoms with Gasteiger partial charge in [-0.15, -0.1) is 0 Å². The maximum Gasteiger partial charge on any atom is 0.433 e. The van der Waals surface area contributed by atoms with Gasteiger partial charge < -0.3 is 10.4 Å². The molecule has 0 radical (unpaired) electrons. The number of carbonyl (C=O) groups excluding carboxylic acids is 1. The first kappa shape index (κ1) is 18.7. The summed E-state index contributed by atoms with van der Waals surface area (Å²) in [6.07, 6.45) is 3.28. The van der Waals surface area contributed by atoms with Crippen LogP contribution in [0.4, 0.5) is 13.2 Å². The number of halogens is 3. The number of pyridine rings is 1. The van der Waals surface area contributed by atoms with Crippen molar-refractivity contribution in [1.29, 1.82) is 0 Å². The van der Waals surface area contributed by atoms with Crippen LogP contribution in [0, 0.1) is 11.8 Å². The summed E-state index contributed by atoms with van der Waals surface area (Å²) in [5, 5.41) is 12.2. The molecule has 1 fully saturated rings. The third-order valence-corrected chi connectivity index (χ3v) is 4.52. The minimum absolute atomic E-state index is 0.0119. The van der Waals surface area contributed by atoms with Gasteiger partial charge in [-0.3, -0.25) is 9.78 Å². The van der Waals surface area contributed by atoms with Crippen molar-refractivity contribution in [3.63, 3.8) is 0 Å². The van der Waals surface area contributed by atoms with Gasteiger partial charge in [-0.05, 0) is 30.4 Å². The van der Waals surface area contributed by atoms with Gasteiger partial charge in [-0.1, -0.05) is 32.1 Å². The molecule has 2 N–H and O–H groups in total. The van der Waals surface area contributed by atoms with Crippen molar-refractivity contribution in [2.24, 2.45) is 11.8 Å². The van der Waals surface area contributed by atoms with E-state index in [0.29, 0.717) is 12.5 Å². The van der Waals surface area contributed by atoms with Crippen molar-refractivity contribution in [3.05, 3.63) is 29.6 Å². The zero-order valence-corrected chi connectivity index (χ0v) is 13.5. The number of nitrogens with zero attached hydrogens (tertiary/aromatic N) is 1. The summed E-state index contributed by atoms with van der Waals surface area (Å²) in [5.74, 6) is 0.0818. The van der Waals surface area contributed by atoms with Gasteiger partial charge in [0, 0.05) is 19.3 Å². The zero-order valence-electron chi connectivity index (χ0n) is 13.5. The molecular formula is C17H23F3N2O2. The number of amides is 1. The molecule has 0 unspecified atom stereocenters. The van der Waals surface area contributed by atoms with E-state index in [1.807, 2.05) is 0 Å². The Morgan fingerprint density at radius 3 is 2.54 bits per heavy atom. The lowest BCUT2D eigenvalue weighted by Gasteiger charge is -2.25. The van der Waals surface area contributed by atoms with Crippen LogP contribution in [0.3, 0.4) is 0 Å². The first-order valence-corrected chi connectivity index (χ1v) is 8.32.